The van der Waals surface area contributed by atoms with Crippen LogP contribution in [0.5, 0.6) is 0 Å². The number of hydrogen-bond acceptors (Lipinski definition) is 8. The van der Waals surface area contributed by atoms with Crippen LogP contribution in [0.4, 0.5) is 0 Å². The maximum absolute atomic E-state index is 12.6. The summed E-state index contributed by atoms with van der Waals surface area (Å²) in [7, 11) is -4.51. The van der Waals surface area contributed by atoms with Gasteiger partial charge in [0.2, 0.25) is 0 Å². The van der Waals surface area contributed by atoms with Gasteiger partial charge < -0.3 is 24.6 Å². The lowest BCUT2D eigenvalue weighted by Gasteiger charge is -2.20. The fraction of sp³-hybridized carbons (Fsp3) is 0.978. The highest BCUT2D eigenvalue weighted by Crippen LogP contribution is 2.43. The number of unbranched alkanes of at least 4 members (excludes halogenated alkanes) is 32. The molecule has 0 aromatic carbocycles. The molecule has 0 saturated heterocycles. The van der Waals surface area contributed by atoms with Crippen LogP contribution in [0.2, 0.25) is 0 Å². The number of ether oxygens (including phenoxy) is 2. The van der Waals surface area contributed by atoms with Gasteiger partial charge in [0.15, 0.2) is 0 Å². The SMILES string of the molecule is CCCCCCCCCCCCCCCCCCCCCCCCCCOCC(COP(=O)(O)OCC(O)CO)OC(=O)CCCCCCCCCCCC. The molecule has 0 radical (unpaired) electrons. The molecule has 0 amide bonds. The molecule has 10 heteroatoms. The molecule has 55 heavy (non-hydrogen) atoms. The van der Waals surface area contributed by atoms with Crippen molar-refractivity contribution in [3.05, 3.63) is 0 Å². The molecule has 0 aliphatic carbocycles. The minimum atomic E-state index is -4.51. The molecule has 0 aliphatic rings. The Balaban J connectivity index is 3.92. The lowest BCUT2D eigenvalue weighted by molar-refractivity contribution is -0.154. The van der Waals surface area contributed by atoms with Crippen LogP contribution in [-0.2, 0) is 27.9 Å². The Labute approximate surface area is 339 Å². The summed E-state index contributed by atoms with van der Waals surface area (Å²) in [5.41, 5.74) is 0. The standard InChI is InChI=1S/C45H91O9P/c1-3-5-7-9-11-13-15-16-17-18-19-20-21-22-23-24-25-26-27-28-30-32-34-36-38-51-41-44(42-53-55(49,50)52-40-43(47)39-46)54-45(48)37-35-33-31-29-14-12-10-8-6-4-2/h43-44,46-47H,3-42H2,1-2H3,(H,49,50). The Morgan fingerprint density at radius 1 is 0.491 bits per heavy atom. The highest BCUT2D eigenvalue weighted by Gasteiger charge is 2.26. The summed E-state index contributed by atoms with van der Waals surface area (Å²) in [5.74, 6) is -0.379. The number of rotatable bonds is 46. The molecular formula is C45H91O9P. The number of phosphoric acid groups is 1. The first-order valence-corrected chi connectivity index (χ1v) is 25.0. The predicted molar refractivity (Wildman–Crippen MR) is 228 cm³/mol. The molecule has 0 fully saturated rings. The minimum absolute atomic E-state index is 0.0579. The number of carbonyl (C=O) groups is 1. The van der Waals surface area contributed by atoms with Crippen molar-refractivity contribution < 1.29 is 43.0 Å². The van der Waals surface area contributed by atoms with E-state index in [0.717, 1.165) is 32.1 Å². The zero-order valence-corrected chi connectivity index (χ0v) is 37.1. The summed E-state index contributed by atoms with van der Waals surface area (Å²) in [4.78, 5) is 22.5. The molecule has 0 rings (SSSR count). The Bertz CT molecular complexity index is 830. The third kappa shape index (κ3) is 42.9. The fourth-order valence-corrected chi connectivity index (χ4v) is 7.74. The molecule has 0 saturated carbocycles. The number of phosphoric ester groups is 1. The van der Waals surface area contributed by atoms with E-state index in [2.05, 4.69) is 13.8 Å². The van der Waals surface area contributed by atoms with Crippen molar-refractivity contribution in [2.45, 2.75) is 251 Å². The Kier molecular flexibility index (Phi) is 42.6. The van der Waals surface area contributed by atoms with Crippen LogP contribution in [0.3, 0.4) is 0 Å². The predicted octanol–water partition coefficient (Wildman–Crippen LogP) is 13.1. The number of hydrogen-bond donors (Lipinski definition) is 3. The van der Waals surface area contributed by atoms with Crippen LogP contribution in [0.15, 0.2) is 0 Å². The van der Waals surface area contributed by atoms with Gasteiger partial charge in [0.05, 0.1) is 26.4 Å². The number of aliphatic hydroxyl groups is 2. The summed E-state index contributed by atoms with van der Waals surface area (Å²) in [6.07, 6.45) is 42.3. The van der Waals surface area contributed by atoms with Gasteiger partial charge >= 0.3 is 13.8 Å². The Hall–Kier alpha value is -0.540. The molecule has 3 unspecified atom stereocenters. The molecule has 0 heterocycles. The van der Waals surface area contributed by atoms with E-state index in [4.69, 9.17) is 23.6 Å². The van der Waals surface area contributed by atoms with Gasteiger partial charge in [-0.1, -0.05) is 219 Å². The first kappa shape index (κ1) is 54.5. The third-order valence-corrected chi connectivity index (χ3v) is 11.5. The van der Waals surface area contributed by atoms with Crippen LogP contribution >= 0.6 is 7.82 Å². The second kappa shape index (κ2) is 43.0. The van der Waals surface area contributed by atoms with Crippen molar-refractivity contribution in [2.24, 2.45) is 0 Å². The maximum Gasteiger partial charge on any atom is 0.472 e. The molecule has 9 nitrogen and oxygen atoms in total. The Morgan fingerprint density at radius 2 is 0.818 bits per heavy atom. The topological polar surface area (TPSA) is 132 Å². The highest BCUT2D eigenvalue weighted by molar-refractivity contribution is 7.47. The molecule has 3 atom stereocenters. The molecule has 0 bridgehead atoms. The van der Waals surface area contributed by atoms with Crippen molar-refractivity contribution in [1.29, 1.82) is 0 Å². The summed E-state index contributed by atoms with van der Waals surface area (Å²) < 4.78 is 33.4. The van der Waals surface area contributed by atoms with Crippen molar-refractivity contribution in [3.63, 3.8) is 0 Å². The van der Waals surface area contributed by atoms with Gasteiger partial charge in [-0.25, -0.2) is 4.57 Å². The molecule has 3 N–H and O–H groups in total. The van der Waals surface area contributed by atoms with E-state index < -0.39 is 33.2 Å². The summed E-state index contributed by atoms with van der Waals surface area (Å²) in [6, 6.07) is 0. The molecule has 0 spiro atoms. The first-order valence-electron chi connectivity index (χ1n) is 23.5. The minimum Gasteiger partial charge on any atom is -0.457 e. The van der Waals surface area contributed by atoms with Gasteiger partial charge in [-0.05, 0) is 12.8 Å². The maximum atomic E-state index is 12.6. The van der Waals surface area contributed by atoms with Crippen molar-refractivity contribution in [2.75, 3.05) is 33.0 Å². The molecule has 330 valence electrons. The fourth-order valence-electron chi connectivity index (χ4n) is 6.95. The van der Waals surface area contributed by atoms with Crippen molar-refractivity contribution in [3.8, 4) is 0 Å². The zero-order chi connectivity index (χ0) is 40.3. The molecule has 0 aromatic heterocycles. The van der Waals surface area contributed by atoms with Crippen molar-refractivity contribution >= 4 is 13.8 Å². The summed E-state index contributed by atoms with van der Waals surface area (Å²) in [6.45, 7) is 3.56. The largest absolute Gasteiger partial charge is 0.472 e. The molecule has 0 aromatic rings. The second-order valence-corrected chi connectivity index (χ2v) is 17.6. The normalized spacial score (nSPS) is 13.9. The van der Waals surface area contributed by atoms with Crippen LogP contribution in [0.1, 0.15) is 239 Å². The van der Waals surface area contributed by atoms with Crippen LogP contribution in [-0.4, -0.2) is 66.3 Å². The van der Waals surface area contributed by atoms with Crippen LogP contribution < -0.4 is 0 Å². The van der Waals surface area contributed by atoms with E-state index in [1.54, 1.807) is 0 Å². The smallest absolute Gasteiger partial charge is 0.457 e. The monoisotopic (exact) mass is 807 g/mol. The number of carbonyl (C=O) groups excluding carboxylic acids is 1. The van der Waals surface area contributed by atoms with Gasteiger partial charge in [0.1, 0.15) is 12.2 Å². The van der Waals surface area contributed by atoms with Crippen molar-refractivity contribution in [1.82, 2.24) is 0 Å². The lowest BCUT2D eigenvalue weighted by atomic mass is 10.0. The van der Waals surface area contributed by atoms with Crippen LogP contribution in [0, 0.1) is 0 Å². The molecule has 0 aliphatic heterocycles. The van der Waals surface area contributed by atoms with E-state index in [0.29, 0.717) is 6.61 Å². The Morgan fingerprint density at radius 3 is 1.18 bits per heavy atom. The van der Waals surface area contributed by atoms with Gasteiger partial charge in [0, 0.05) is 13.0 Å². The van der Waals surface area contributed by atoms with E-state index >= 15 is 0 Å². The van der Waals surface area contributed by atoms with E-state index in [9.17, 15) is 19.4 Å². The van der Waals surface area contributed by atoms with E-state index in [1.165, 1.54) is 186 Å². The van der Waals surface area contributed by atoms with Crippen LogP contribution in [0.25, 0.3) is 0 Å². The zero-order valence-electron chi connectivity index (χ0n) is 36.2. The van der Waals surface area contributed by atoms with E-state index in [1.807, 2.05) is 0 Å². The van der Waals surface area contributed by atoms with Gasteiger partial charge in [-0.2, -0.15) is 0 Å². The highest BCUT2D eigenvalue weighted by atomic mass is 31.2. The summed E-state index contributed by atoms with van der Waals surface area (Å²) in [5, 5.41) is 18.3. The number of esters is 1. The van der Waals surface area contributed by atoms with Gasteiger partial charge in [0.25, 0.3) is 0 Å². The average molecular weight is 807 g/mol. The van der Waals surface area contributed by atoms with E-state index in [-0.39, 0.29) is 25.6 Å². The molecular weight excluding hydrogens is 715 g/mol. The third-order valence-electron chi connectivity index (χ3n) is 10.5. The average Bonchev–Trinajstić information content (AvgIpc) is 3.18. The lowest BCUT2D eigenvalue weighted by Crippen LogP contribution is -2.29. The first-order chi connectivity index (χ1) is 26.8. The van der Waals surface area contributed by atoms with Gasteiger partial charge in [-0.3, -0.25) is 13.8 Å². The second-order valence-electron chi connectivity index (χ2n) is 16.1. The quantitative estimate of drug-likeness (QED) is 0.0312. The van der Waals surface area contributed by atoms with Gasteiger partial charge in [-0.15, -0.1) is 0 Å². The summed E-state index contributed by atoms with van der Waals surface area (Å²) >= 11 is 0. The number of aliphatic hydroxyl groups excluding tert-OH is 2.